The van der Waals surface area contributed by atoms with Crippen LogP contribution in [0.25, 0.3) is 0 Å². The highest BCUT2D eigenvalue weighted by molar-refractivity contribution is 7.45. The second-order valence-corrected chi connectivity index (χ2v) is 16.6. The molecule has 0 aromatic rings. The zero-order valence-electron chi connectivity index (χ0n) is 37.9. The van der Waals surface area contributed by atoms with Gasteiger partial charge < -0.3 is 33.0 Å². The van der Waals surface area contributed by atoms with Gasteiger partial charge in [-0.05, 0) is 83.5 Å². The Bertz CT molecular complexity index is 1510. The van der Waals surface area contributed by atoms with Gasteiger partial charge in [0, 0.05) is 12.8 Å². The summed E-state index contributed by atoms with van der Waals surface area (Å²) in [6.07, 6.45) is 54.0. The highest BCUT2D eigenvalue weighted by Crippen LogP contribution is 2.38. The first kappa shape index (κ1) is 57.1. The molecule has 342 valence electrons. The number of hydrogen-bond donors (Lipinski definition) is 1. The van der Waals surface area contributed by atoms with Gasteiger partial charge >= 0.3 is 11.9 Å². The van der Waals surface area contributed by atoms with Crippen LogP contribution < -0.4 is 4.89 Å². The molecule has 0 aliphatic carbocycles. The van der Waals surface area contributed by atoms with E-state index in [9.17, 15) is 24.2 Å². The van der Waals surface area contributed by atoms with E-state index in [4.69, 9.17) is 18.5 Å². The molecule has 0 saturated heterocycles. The molecule has 10 nitrogen and oxygen atoms in total. The Morgan fingerprint density at radius 1 is 0.607 bits per heavy atom. The van der Waals surface area contributed by atoms with Crippen molar-refractivity contribution in [2.24, 2.45) is 0 Å². The first-order chi connectivity index (χ1) is 29.4. The van der Waals surface area contributed by atoms with E-state index >= 15 is 0 Å². The number of aliphatic hydroxyl groups excluding tert-OH is 1. The van der Waals surface area contributed by atoms with Crippen molar-refractivity contribution in [2.75, 3.05) is 47.5 Å². The molecule has 0 aromatic carbocycles. The van der Waals surface area contributed by atoms with Crippen LogP contribution in [-0.4, -0.2) is 81.2 Å². The lowest BCUT2D eigenvalue weighted by atomic mass is 10.2. The van der Waals surface area contributed by atoms with Crippen molar-refractivity contribution in [1.29, 1.82) is 0 Å². The summed E-state index contributed by atoms with van der Waals surface area (Å²) in [5.41, 5.74) is 0. The fraction of sp³-hybridized carbons (Fsp3) is 0.520. The Balaban J connectivity index is 4.72. The van der Waals surface area contributed by atoms with E-state index in [0.29, 0.717) is 23.9 Å². The van der Waals surface area contributed by atoms with Gasteiger partial charge in [-0.25, -0.2) is 0 Å². The minimum Gasteiger partial charge on any atom is -0.756 e. The Labute approximate surface area is 369 Å². The second kappa shape index (κ2) is 40.2. The molecule has 61 heavy (non-hydrogen) atoms. The number of carbonyl (C=O) groups is 2. The van der Waals surface area contributed by atoms with Crippen LogP contribution in [0.3, 0.4) is 0 Å². The van der Waals surface area contributed by atoms with Crippen LogP contribution in [0.2, 0.25) is 0 Å². The minimum atomic E-state index is -4.71. The Hall–Kier alpha value is -3.89. The number of esters is 2. The van der Waals surface area contributed by atoms with Gasteiger partial charge in [-0.3, -0.25) is 14.2 Å². The molecule has 0 rings (SSSR count). The number of nitrogens with zero attached hydrogens (tertiary/aromatic N) is 1. The SMILES string of the molecule is CC/C=C\C/C=C\C/C=C\C/C=C\C/C=C\C=C/C(O)CCC(=O)OC[C@H](COP(=O)([O-])OCC[N+](C)(C)C)OC(=O)CCC/C=C\C/C=C\C/C=C\C/C=C\C/C=C\CC. The van der Waals surface area contributed by atoms with Crippen molar-refractivity contribution >= 4 is 19.8 Å². The van der Waals surface area contributed by atoms with Crippen LogP contribution in [0.5, 0.6) is 0 Å². The van der Waals surface area contributed by atoms with Crippen molar-refractivity contribution in [1.82, 2.24) is 0 Å². The van der Waals surface area contributed by atoms with Crippen molar-refractivity contribution in [3.8, 4) is 0 Å². The van der Waals surface area contributed by atoms with Crippen molar-refractivity contribution in [2.45, 2.75) is 122 Å². The zero-order chi connectivity index (χ0) is 45.1. The fourth-order valence-electron chi connectivity index (χ4n) is 4.86. The average molecular weight is 868 g/mol. The summed E-state index contributed by atoms with van der Waals surface area (Å²) in [5.74, 6) is -1.20. The molecule has 0 spiro atoms. The maximum absolute atomic E-state index is 12.7. The standard InChI is InChI=1S/C50H78NO9P/c1-6-8-10-12-14-16-18-20-22-24-26-28-30-32-34-36-38-40-50(54)60-48(46-59-61(55,56)58-44-43-51(3,4)5)45-57-49(53)42-41-47(52)39-37-35-33-31-29-27-25-23-21-19-17-15-13-11-9-7-2/h8-11,14-17,20-23,26-29,32-35,37,39,47-48,52H,6-7,12-13,18-19,24-25,30-31,36,38,40-46H2,1-5H3/b10-8-,11-9-,16-14-,17-15-,22-20-,23-21-,28-26-,29-27-,34-32-,35-33-,39-37-/t47?,48-/m1/s1. The van der Waals surface area contributed by atoms with Crippen molar-refractivity contribution in [3.05, 3.63) is 134 Å². The predicted molar refractivity (Wildman–Crippen MR) is 250 cm³/mol. The van der Waals surface area contributed by atoms with Crippen LogP contribution in [-0.2, 0) is 32.7 Å². The number of phosphoric acid groups is 1. The van der Waals surface area contributed by atoms with E-state index in [-0.39, 0.29) is 25.9 Å². The van der Waals surface area contributed by atoms with E-state index < -0.39 is 45.2 Å². The largest absolute Gasteiger partial charge is 0.756 e. The van der Waals surface area contributed by atoms with Crippen molar-refractivity contribution < 1.29 is 47.2 Å². The number of phosphoric ester groups is 1. The molecular weight excluding hydrogens is 790 g/mol. The van der Waals surface area contributed by atoms with Crippen LogP contribution in [0.15, 0.2) is 134 Å². The maximum Gasteiger partial charge on any atom is 0.306 e. The van der Waals surface area contributed by atoms with Gasteiger partial charge in [-0.2, -0.15) is 0 Å². The van der Waals surface area contributed by atoms with E-state index in [1.165, 1.54) is 0 Å². The van der Waals surface area contributed by atoms with Crippen LogP contribution in [0.4, 0.5) is 0 Å². The topological polar surface area (TPSA) is 131 Å². The lowest BCUT2D eigenvalue weighted by molar-refractivity contribution is -0.870. The molecule has 2 unspecified atom stereocenters. The van der Waals surface area contributed by atoms with Gasteiger partial charge in [0.15, 0.2) is 6.10 Å². The number of allylic oxidation sites excluding steroid dienone is 21. The Kier molecular flexibility index (Phi) is 37.6. The van der Waals surface area contributed by atoms with Gasteiger partial charge in [0.2, 0.25) is 0 Å². The third-order valence-corrected chi connectivity index (χ3v) is 9.25. The molecule has 1 N–H and O–H groups in total. The summed E-state index contributed by atoms with van der Waals surface area (Å²) in [4.78, 5) is 37.6. The molecule has 0 aliphatic rings. The summed E-state index contributed by atoms with van der Waals surface area (Å²) < 4.78 is 33.6. The Morgan fingerprint density at radius 2 is 1.07 bits per heavy atom. The molecule has 0 aliphatic heterocycles. The number of hydrogen-bond acceptors (Lipinski definition) is 9. The molecule has 0 heterocycles. The van der Waals surface area contributed by atoms with Crippen LogP contribution in [0.1, 0.15) is 110 Å². The van der Waals surface area contributed by atoms with Gasteiger partial charge in [-0.15, -0.1) is 0 Å². The average Bonchev–Trinajstić information content (AvgIpc) is 3.21. The highest BCUT2D eigenvalue weighted by atomic mass is 31.2. The van der Waals surface area contributed by atoms with E-state index in [1.54, 1.807) is 12.2 Å². The highest BCUT2D eigenvalue weighted by Gasteiger charge is 2.22. The van der Waals surface area contributed by atoms with Crippen molar-refractivity contribution in [3.63, 3.8) is 0 Å². The number of likely N-dealkylation sites (N-methyl/N-ethyl adjacent to an activating group) is 1. The number of carbonyl (C=O) groups excluding carboxylic acids is 2. The number of aliphatic hydroxyl groups is 1. The summed E-state index contributed by atoms with van der Waals surface area (Å²) in [6, 6.07) is 0. The molecular formula is C50H78NO9P. The summed E-state index contributed by atoms with van der Waals surface area (Å²) in [7, 11) is 0.979. The molecule has 0 bridgehead atoms. The van der Waals surface area contributed by atoms with Gasteiger partial charge in [-0.1, -0.05) is 148 Å². The zero-order valence-corrected chi connectivity index (χ0v) is 38.8. The summed E-state index contributed by atoms with van der Waals surface area (Å²) in [5, 5.41) is 10.3. The smallest absolute Gasteiger partial charge is 0.306 e. The monoisotopic (exact) mass is 868 g/mol. The molecule has 0 saturated carbocycles. The van der Waals surface area contributed by atoms with Crippen LogP contribution in [0, 0.1) is 0 Å². The molecule has 0 aromatic heterocycles. The molecule has 0 amide bonds. The number of unbranched alkanes of at least 4 members (excludes halogenated alkanes) is 1. The summed E-state index contributed by atoms with van der Waals surface area (Å²) in [6.45, 7) is 3.61. The fourth-order valence-corrected chi connectivity index (χ4v) is 5.58. The van der Waals surface area contributed by atoms with Gasteiger partial charge in [0.25, 0.3) is 7.82 Å². The van der Waals surface area contributed by atoms with Gasteiger partial charge in [0.1, 0.15) is 19.8 Å². The third kappa shape index (κ3) is 44.0. The first-order valence-corrected chi connectivity index (χ1v) is 23.5. The van der Waals surface area contributed by atoms with E-state index in [2.05, 4.69) is 111 Å². The quantitative estimate of drug-likeness (QED) is 0.0162. The third-order valence-electron chi connectivity index (χ3n) is 8.28. The number of rotatable bonds is 37. The second-order valence-electron chi connectivity index (χ2n) is 15.1. The lowest BCUT2D eigenvalue weighted by Crippen LogP contribution is -2.37. The lowest BCUT2D eigenvalue weighted by Gasteiger charge is -2.28. The molecule has 3 atom stereocenters. The van der Waals surface area contributed by atoms with Gasteiger partial charge in [0.05, 0.1) is 33.9 Å². The maximum atomic E-state index is 12.7. The normalized spacial score (nSPS) is 15.3. The van der Waals surface area contributed by atoms with E-state index in [0.717, 1.165) is 64.2 Å². The molecule has 0 fully saturated rings. The summed E-state index contributed by atoms with van der Waals surface area (Å²) >= 11 is 0. The minimum absolute atomic E-state index is 0.0859. The van der Waals surface area contributed by atoms with E-state index in [1.807, 2.05) is 45.4 Å². The van der Waals surface area contributed by atoms with Crippen LogP contribution >= 0.6 is 7.82 Å². The first-order valence-electron chi connectivity index (χ1n) is 22.0. The predicted octanol–water partition coefficient (Wildman–Crippen LogP) is 11.0. The number of quaternary nitrogens is 1. The Morgan fingerprint density at radius 3 is 1.54 bits per heavy atom. The molecule has 11 heteroatoms. The molecule has 0 radical (unpaired) electrons. The number of ether oxygens (including phenoxy) is 2.